The number of rotatable bonds is 5. The van der Waals surface area contributed by atoms with Gasteiger partial charge in [0.25, 0.3) is 0 Å². The maximum Gasteiger partial charge on any atom is 0.223 e. The molecule has 1 aromatic rings. The quantitative estimate of drug-likeness (QED) is 0.848. The lowest BCUT2D eigenvalue weighted by Crippen LogP contribution is -2.46. The first-order valence-corrected chi connectivity index (χ1v) is 7.71. The van der Waals surface area contributed by atoms with Gasteiger partial charge in [-0.3, -0.25) is 9.69 Å². The van der Waals surface area contributed by atoms with E-state index in [0.29, 0.717) is 11.6 Å². The smallest absolute Gasteiger partial charge is 0.223 e. The van der Waals surface area contributed by atoms with E-state index in [4.69, 9.17) is 5.73 Å². The van der Waals surface area contributed by atoms with Gasteiger partial charge in [0.05, 0.1) is 0 Å². The van der Waals surface area contributed by atoms with Crippen LogP contribution in [-0.4, -0.2) is 72.4 Å². The SMILES string of the molecule is CN(C)C(=O)CCN1CCN(Cc2cnc(N)s2)CC1. The molecule has 0 radical (unpaired) electrons. The number of carbonyl (C=O) groups excluding carboxylic acids is 1. The van der Waals surface area contributed by atoms with Gasteiger partial charge >= 0.3 is 0 Å². The number of hydrogen-bond donors (Lipinski definition) is 1. The molecule has 6 nitrogen and oxygen atoms in total. The minimum Gasteiger partial charge on any atom is -0.375 e. The van der Waals surface area contributed by atoms with E-state index in [9.17, 15) is 4.79 Å². The minimum absolute atomic E-state index is 0.201. The van der Waals surface area contributed by atoms with Crippen LogP contribution in [0.2, 0.25) is 0 Å². The van der Waals surface area contributed by atoms with Crippen LogP contribution in [0.4, 0.5) is 5.13 Å². The Balaban J connectivity index is 1.68. The summed E-state index contributed by atoms with van der Waals surface area (Å²) in [6, 6.07) is 0. The van der Waals surface area contributed by atoms with Gasteiger partial charge in [-0.05, 0) is 0 Å². The van der Waals surface area contributed by atoms with E-state index in [0.717, 1.165) is 39.3 Å². The molecule has 1 fully saturated rings. The molecule has 0 spiro atoms. The van der Waals surface area contributed by atoms with Gasteiger partial charge in [0.1, 0.15) is 0 Å². The fourth-order valence-corrected chi connectivity index (χ4v) is 2.99. The molecule has 2 heterocycles. The molecule has 0 saturated carbocycles. The van der Waals surface area contributed by atoms with E-state index in [1.807, 2.05) is 6.20 Å². The van der Waals surface area contributed by atoms with Gasteiger partial charge in [0.15, 0.2) is 5.13 Å². The second-order valence-electron chi connectivity index (χ2n) is 5.32. The predicted octanol–water partition coefficient (Wildman–Crippen LogP) is 0.321. The van der Waals surface area contributed by atoms with Gasteiger partial charge in [-0.1, -0.05) is 0 Å². The number of carbonyl (C=O) groups is 1. The number of aromatic nitrogens is 1. The van der Waals surface area contributed by atoms with Crippen molar-refractivity contribution in [2.45, 2.75) is 13.0 Å². The molecule has 0 atom stereocenters. The normalized spacial score (nSPS) is 17.3. The molecule has 1 aliphatic heterocycles. The highest BCUT2D eigenvalue weighted by molar-refractivity contribution is 7.15. The number of piperazine rings is 1. The molecule has 0 aliphatic carbocycles. The van der Waals surface area contributed by atoms with Gasteiger partial charge in [-0.25, -0.2) is 4.98 Å². The molecule has 1 saturated heterocycles. The standard InChI is InChI=1S/C13H23N5OS/c1-16(2)12(19)3-4-17-5-7-18(8-6-17)10-11-9-15-13(14)20-11/h9H,3-8,10H2,1-2H3,(H2,14,15). The van der Waals surface area contributed by atoms with Gasteiger partial charge < -0.3 is 15.5 Å². The van der Waals surface area contributed by atoms with Crippen LogP contribution in [0.25, 0.3) is 0 Å². The first-order valence-electron chi connectivity index (χ1n) is 6.89. The molecule has 20 heavy (non-hydrogen) atoms. The van der Waals surface area contributed by atoms with E-state index >= 15 is 0 Å². The van der Waals surface area contributed by atoms with Crippen LogP contribution in [0.3, 0.4) is 0 Å². The van der Waals surface area contributed by atoms with Crippen molar-refractivity contribution < 1.29 is 4.79 Å². The van der Waals surface area contributed by atoms with E-state index in [2.05, 4.69) is 14.8 Å². The topological polar surface area (TPSA) is 65.7 Å². The first kappa shape index (κ1) is 15.2. The fraction of sp³-hybridized carbons (Fsp3) is 0.692. The number of hydrogen-bond acceptors (Lipinski definition) is 6. The van der Waals surface area contributed by atoms with E-state index in [1.54, 1.807) is 30.3 Å². The third kappa shape index (κ3) is 4.43. The molecule has 112 valence electrons. The summed E-state index contributed by atoms with van der Waals surface area (Å²) in [6.45, 7) is 5.91. The Bertz CT molecular complexity index is 440. The second kappa shape index (κ2) is 7.01. The van der Waals surface area contributed by atoms with Crippen LogP contribution < -0.4 is 5.73 Å². The maximum absolute atomic E-state index is 11.6. The minimum atomic E-state index is 0.201. The van der Waals surface area contributed by atoms with Crippen molar-refractivity contribution in [1.29, 1.82) is 0 Å². The van der Waals surface area contributed by atoms with Crippen LogP contribution in [0.5, 0.6) is 0 Å². The summed E-state index contributed by atoms with van der Waals surface area (Å²) in [5.41, 5.74) is 5.64. The van der Waals surface area contributed by atoms with Crippen molar-refractivity contribution in [1.82, 2.24) is 19.7 Å². The Morgan fingerprint density at radius 1 is 1.35 bits per heavy atom. The Kier molecular flexibility index (Phi) is 5.33. The number of nitrogen functional groups attached to an aromatic ring is 1. The molecule has 1 aromatic heterocycles. The molecule has 1 aliphatic rings. The van der Waals surface area contributed by atoms with Crippen molar-refractivity contribution >= 4 is 22.4 Å². The molecular formula is C13H23N5OS. The molecule has 1 amide bonds. The molecule has 0 aromatic carbocycles. The van der Waals surface area contributed by atoms with E-state index < -0.39 is 0 Å². The van der Waals surface area contributed by atoms with Crippen molar-refractivity contribution in [2.24, 2.45) is 0 Å². The van der Waals surface area contributed by atoms with Crippen molar-refractivity contribution in [3.05, 3.63) is 11.1 Å². The highest BCUT2D eigenvalue weighted by atomic mass is 32.1. The average Bonchev–Trinajstić information content (AvgIpc) is 2.83. The molecule has 0 bridgehead atoms. The van der Waals surface area contributed by atoms with Crippen LogP contribution in [0.15, 0.2) is 6.20 Å². The number of anilines is 1. The largest absolute Gasteiger partial charge is 0.375 e. The molecular weight excluding hydrogens is 274 g/mol. The van der Waals surface area contributed by atoms with Crippen LogP contribution in [0, 0.1) is 0 Å². The van der Waals surface area contributed by atoms with Gasteiger partial charge in [-0.2, -0.15) is 0 Å². The van der Waals surface area contributed by atoms with Crippen LogP contribution >= 0.6 is 11.3 Å². The Labute approximate surface area is 124 Å². The number of nitrogens with zero attached hydrogens (tertiary/aromatic N) is 4. The monoisotopic (exact) mass is 297 g/mol. The Morgan fingerprint density at radius 3 is 2.55 bits per heavy atom. The summed E-state index contributed by atoms with van der Waals surface area (Å²) in [5, 5.41) is 0.640. The lowest BCUT2D eigenvalue weighted by molar-refractivity contribution is -0.129. The van der Waals surface area contributed by atoms with Crippen LogP contribution in [-0.2, 0) is 11.3 Å². The molecule has 2 N–H and O–H groups in total. The second-order valence-corrected chi connectivity index (χ2v) is 6.47. The highest BCUT2D eigenvalue weighted by Gasteiger charge is 2.18. The van der Waals surface area contributed by atoms with Crippen molar-refractivity contribution in [3.8, 4) is 0 Å². The summed E-state index contributed by atoms with van der Waals surface area (Å²) >= 11 is 1.56. The van der Waals surface area contributed by atoms with Crippen molar-refractivity contribution in [2.75, 3.05) is 52.6 Å². The van der Waals surface area contributed by atoms with Gasteiger partial charge in [-0.15, -0.1) is 11.3 Å². The zero-order valence-corrected chi connectivity index (χ0v) is 13.0. The summed E-state index contributed by atoms with van der Waals surface area (Å²) in [6.07, 6.45) is 2.47. The predicted molar refractivity (Wildman–Crippen MR) is 81.6 cm³/mol. The zero-order valence-electron chi connectivity index (χ0n) is 12.2. The Hall–Kier alpha value is -1.18. The highest BCUT2D eigenvalue weighted by Crippen LogP contribution is 2.17. The fourth-order valence-electron chi connectivity index (χ4n) is 2.26. The maximum atomic E-state index is 11.6. The average molecular weight is 297 g/mol. The number of thiazole rings is 1. The first-order chi connectivity index (χ1) is 9.54. The van der Waals surface area contributed by atoms with E-state index in [1.165, 1.54) is 4.88 Å². The van der Waals surface area contributed by atoms with Crippen molar-refractivity contribution in [3.63, 3.8) is 0 Å². The molecule has 7 heteroatoms. The van der Waals surface area contributed by atoms with Gasteiger partial charge in [0.2, 0.25) is 5.91 Å². The lowest BCUT2D eigenvalue weighted by Gasteiger charge is -2.34. The summed E-state index contributed by atoms with van der Waals surface area (Å²) < 4.78 is 0. The molecule has 2 rings (SSSR count). The number of nitrogens with two attached hydrogens (primary N) is 1. The summed E-state index contributed by atoms with van der Waals surface area (Å²) in [5.74, 6) is 0.201. The Morgan fingerprint density at radius 2 is 2.00 bits per heavy atom. The zero-order chi connectivity index (χ0) is 14.5. The summed E-state index contributed by atoms with van der Waals surface area (Å²) in [7, 11) is 3.61. The third-order valence-corrected chi connectivity index (χ3v) is 4.37. The summed E-state index contributed by atoms with van der Waals surface area (Å²) in [4.78, 5) is 23.3. The third-order valence-electron chi connectivity index (χ3n) is 3.56. The van der Waals surface area contributed by atoms with Crippen LogP contribution in [0.1, 0.15) is 11.3 Å². The molecule has 0 unspecified atom stereocenters. The lowest BCUT2D eigenvalue weighted by atomic mass is 10.2. The number of amides is 1. The van der Waals surface area contributed by atoms with E-state index in [-0.39, 0.29) is 5.91 Å². The van der Waals surface area contributed by atoms with Gasteiger partial charge in [0, 0.05) is 70.9 Å².